The summed E-state index contributed by atoms with van der Waals surface area (Å²) in [5.41, 5.74) is 2.49. The molecule has 0 fully saturated rings. The minimum atomic E-state index is -4.75. The number of carbonyl (C=O) groups is 1. The standard InChI is InChI=1S/C26H27F3N2O4/c1-16(2)33-17(3)15-20-7-14-24(18(4)30-20)25(32)31-19-5-8-21(9-6-19)34-22-10-12-23(13-11-22)35-26(27,28)29/h5-14,16-17H,15H2,1-4H3,(H,31,32). The number of nitrogens with zero attached hydrogens (tertiary/aromatic N) is 1. The summed E-state index contributed by atoms with van der Waals surface area (Å²) in [4.78, 5) is 17.3. The summed E-state index contributed by atoms with van der Waals surface area (Å²) >= 11 is 0. The Labute approximate surface area is 202 Å². The third kappa shape index (κ3) is 8.29. The fourth-order valence-electron chi connectivity index (χ4n) is 3.42. The Morgan fingerprint density at radius 3 is 2.03 bits per heavy atom. The number of benzene rings is 2. The lowest BCUT2D eigenvalue weighted by Crippen LogP contribution is -2.18. The number of hydrogen-bond donors (Lipinski definition) is 1. The summed E-state index contributed by atoms with van der Waals surface area (Å²) in [5, 5.41) is 2.82. The van der Waals surface area contributed by atoms with Crippen molar-refractivity contribution >= 4 is 11.6 Å². The highest BCUT2D eigenvalue weighted by atomic mass is 19.4. The summed E-state index contributed by atoms with van der Waals surface area (Å²) in [6, 6.07) is 15.2. The third-order valence-corrected chi connectivity index (χ3v) is 4.79. The number of aromatic nitrogens is 1. The van der Waals surface area contributed by atoms with E-state index in [1.165, 1.54) is 12.1 Å². The van der Waals surface area contributed by atoms with Gasteiger partial charge in [0.1, 0.15) is 17.2 Å². The molecule has 0 saturated heterocycles. The molecule has 186 valence electrons. The van der Waals surface area contributed by atoms with E-state index in [0.29, 0.717) is 34.9 Å². The molecule has 1 unspecified atom stereocenters. The second kappa shape index (κ2) is 11.2. The van der Waals surface area contributed by atoms with Gasteiger partial charge < -0.3 is 19.5 Å². The van der Waals surface area contributed by atoms with E-state index >= 15 is 0 Å². The van der Waals surface area contributed by atoms with Crippen LogP contribution < -0.4 is 14.8 Å². The van der Waals surface area contributed by atoms with Crippen molar-refractivity contribution in [3.05, 3.63) is 77.6 Å². The number of amides is 1. The van der Waals surface area contributed by atoms with Crippen LogP contribution >= 0.6 is 0 Å². The van der Waals surface area contributed by atoms with Gasteiger partial charge >= 0.3 is 6.36 Å². The smallest absolute Gasteiger partial charge is 0.457 e. The Hall–Kier alpha value is -3.59. The van der Waals surface area contributed by atoms with Crippen LogP contribution in [0.1, 0.15) is 42.5 Å². The number of anilines is 1. The number of rotatable bonds is 9. The van der Waals surface area contributed by atoms with E-state index in [1.54, 1.807) is 37.3 Å². The molecule has 0 aliphatic rings. The molecule has 1 heterocycles. The first-order valence-electron chi connectivity index (χ1n) is 11.1. The summed E-state index contributed by atoms with van der Waals surface area (Å²) in [7, 11) is 0. The predicted molar refractivity (Wildman–Crippen MR) is 126 cm³/mol. The van der Waals surface area contributed by atoms with Gasteiger partial charge in [0.15, 0.2) is 0 Å². The highest BCUT2D eigenvalue weighted by molar-refractivity contribution is 6.05. The number of ether oxygens (including phenoxy) is 3. The zero-order valence-corrected chi connectivity index (χ0v) is 19.8. The predicted octanol–water partition coefficient (Wildman–Crippen LogP) is 6.69. The van der Waals surface area contributed by atoms with Crippen molar-refractivity contribution in [2.45, 2.75) is 52.7 Å². The van der Waals surface area contributed by atoms with Crippen molar-refractivity contribution in [1.82, 2.24) is 4.98 Å². The van der Waals surface area contributed by atoms with E-state index in [-0.39, 0.29) is 23.9 Å². The molecular weight excluding hydrogens is 461 g/mol. The Morgan fingerprint density at radius 1 is 0.914 bits per heavy atom. The molecule has 0 radical (unpaired) electrons. The molecule has 6 nitrogen and oxygen atoms in total. The minimum absolute atomic E-state index is 0.0217. The maximum Gasteiger partial charge on any atom is 0.573 e. The number of alkyl halides is 3. The average Bonchev–Trinajstić information content (AvgIpc) is 2.75. The highest BCUT2D eigenvalue weighted by Crippen LogP contribution is 2.28. The zero-order valence-electron chi connectivity index (χ0n) is 19.8. The van der Waals surface area contributed by atoms with Crippen molar-refractivity contribution in [3.63, 3.8) is 0 Å². The fraction of sp³-hybridized carbons (Fsp3) is 0.308. The fourth-order valence-corrected chi connectivity index (χ4v) is 3.42. The van der Waals surface area contributed by atoms with E-state index in [4.69, 9.17) is 9.47 Å². The summed E-state index contributed by atoms with van der Waals surface area (Å²) < 4.78 is 52.0. The molecule has 0 bridgehead atoms. The molecule has 1 amide bonds. The summed E-state index contributed by atoms with van der Waals surface area (Å²) in [5.74, 6) is 0.166. The van der Waals surface area contributed by atoms with Gasteiger partial charge in [0, 0.05) is 17.8 Å². The minimum Gasteiger partial charge on any atom is -0.457 e. The molecule has 0 spiro atoms. The van der Waals surface area contributed by atoms with Gasteiger partial charge in [0.25, 0.3) is 5.91 Å². The molecule has 9 heteroatoms. The van der Waals surface area contributed by atoms with Gasteiger partial charge in [0.05, 0.1) is 23.5 Å². The van der Waals surface area contributed by atoms with Gasteiger partial charge in [-0.3, -0.25) is 9.78 Å². The highest BCUT2D eigenvalue weighted by Gasteiger charge is 2.31. The van der Waals surface area contributed by atoms with Crippen LogP contribution in [0.3, 0.4) is 0 Å². The molecule has 0 aliphatic heterocycles. The van der Waals surface area contributed by atoms with Gasteiger partial charge in [-0.15, -0.1) is 13.2 Å². The van der Waals surface area contributed by atoms with E-state index in [9.17, 15) is 18.0 Å². The number of aryl methyl sites for hydroxylation is 1. The van der Waals surface area contributed by atoms with Gasteiger partial charge in [-0.05, 0) is 88.4 Å². The van der Waals surface area contributed by atoms with Gasteiger partial charge in [-0.25, -0.2) is 0 Å². The maximum atomic E-state index is 12.7. The summed E-state index contributed by atoms with van der Waals surface area (Å²) in [6.07, 6.45) is -3.94. The van der Waals surface area contributed by atoms with Crippen molar-refractivity contribution in [2.24, 2.45) is 0 Å². The van der Waals surface area contributed by atoms with Gasteiger partial charge in [-0.2, -0.15) is 0 Å². The van der Waals surface area contributed by atoms with E-state index in [1.807, 2.05) is 26.8 Å². The molecule has 3 aromatic rings. The first kappa shape index (κ1) is 26.0. The maximum absolute atomic E-state index is 12.7. The van der Waals surface area contributed by atoms with Crippen LogP contribution in [0.25, 0.3) is 0 Å². The molecular formula is C26H27F3N2O4. The van der Waals surface area contributed by atoms with Crippen LogP contribution in [-0.2, 0) is 11.2 Å². The molecule has 35 heavy (non-hydrogen) atoms. The van der Waals surface area contributed by atoms with E-state index < -0.39 is 6.36 Å². The van der Waals surface area contributed by atoms with Crippen LogP contribution in [0.15, 0.2) is 60.7 Å². The van der Waals surface area contributed by atoms with Crippen molar-refractivity contribution in [2.75, 3.05) is 5.32 Å². The molecule has 1 atom stereocenters. The van der Waals surface area contributed by atoms with Crippen LogP contribution in [0.5, 0.6) is 17.2 Å². The average molecular weight is 489 g/mol. The Balaban J connectivity index is 1.58. The van der Waals surface area contributed by atoms with E-state index in [2.05, 4.69) is 15.0 Å². The molecule has 1 N–H and O–H groups in total. The number of hydrogen-bond acceptors (Lipinski definition) is 5. The van der Waals surface area contributed by atoms with Crippen molar-refractivity contribution < 1.29 is 32.2 Å². The first-order valence-corrected chi connectivity index (χ1v) is 11.1. The van der Waals surface area contributed by atoms with Crippen LogP contribution in [0, 0.1) is 6.92 Å². The van der Waals surface area contributed by atoms with Crippen LogP contribution in [0.2, 0.25) is 0 Å². The monoisotopic (exact) mass is 488 g/mol. The number of carbonyl (C=O) groups excluding carboxylic acids is 1. The third-order valence-electron chi connectivity index (χ3n) is 4.79. The lowest BCUT2D eigenvalue weighted by molar-refractivity contribution is -0.274. The zero-order chi connectivity index (χ0) is 25.6. The van der Waals surface area contributed by atoms with Crippen molar-refractivity contribution in [3.8, 4) is 17.2 Å². The number of halogens is 3. The molecule has 0 saturated carbocycles. The largest absolute Gasteiger partial charge is 0.573 e. The second-order valence-electron chi connectivity index (χ2n) is 8.23. The lowest BCUT2D eigenvalue weighted by atomic mass is 10.1. The molecule has 0 aliphatic carbocycles. The van der Waals surface area contributed by atoms with Gasteiger partial charge in [-0.1, -0.05) is 0 Å². The Kier molecular flexibility index (Phi) is 8.34. The molecule has 1 aromatic heterocycles. The SMILES string of the molecule is Cc1nc(CC(C)OC(C)C)ccc1C(=O)Nc1ccc(Oc2ccc(OC(F)(F)F)cc2)cc1. The topological polar surface area (TPSA) is 69.7 Å². The van der Waals surface area contributed by atoms with Crippen molar-refractivity contribution in [1.29, 1.82) is 0 Å². The Bertz CT molecular complexity index is 1130. The van der Waals surface area contributed by atoms with Crippen LogP contribution in [0.4, 0.5) is 18.9 Å². The lowest BCUT2D eigenvalue weighted by Gasteiger charge is -2.16. The Morgan fingerprint density at radius 2 is 1.49 bits per heavy atom. The molecule has 3 rings (SSSR count). The summed E-state index contributed by atoms with van der Waals surface area (Å²) in [6.45, 7) is 7.74. The van der Waals surface area contributed by atoms with Gasteiger partial charge in [0.2, 0.25) is 0 Å². The normalized spacial score (nSPS) is 12.3. The number of nitrogens with one attached hydrogen (secondary N) is 1. The number of pyridine rings is 1. The first-order chi connectivity index (χ1) is 16.5. The second-order valence-corrected chi connectivity index (χ2v) is 8.23. The molecule has 2 aromatic carbocycles. The van der Waals surface area contributed by atoms with Crippen LogP contribution in [-0.4, -0.2) is 29.5 Å². The quantitative estimate of drug-likeness (QED) is 0.363. The van der Waals surface area contributed by atoms with E-state index in [0.717, 1.165) is 17.8 Å².